The first-order valence-corrected chi connectivity index (χ1v) is 15.2. The maximum atomic E-state index is 14.0. The Kier molecular flexibility index (Phi) is 11.1. The lowest BCUT2D eigenvalue weighted by Crippen LogP contribution is -2.76. The number of amides is 4. The van der Waals surface area contributed by atoms with Crippen molar-refractivity contribution in [1.29, 1.82) is 0 Å². The van der Waals surface area contributed by atoms with Crippen LogP contribution < -0.4 is 14.8 Å². The molecule has 1 N–H and O–H groups in total. The molecule has 10 heteroatoms. The topological polar surface area (TPSA) is 94.7 Å². The molecule has 10 nitrogen and oxygen atoms in total. The number of ether oxygens (including phenoxy) is 2. The van der Waals surface area contributed by atoms with E-state index in [1.807, 2.05) is 67.3 Å². The second-order valence-electron chi connectivity index (χ2n) is 11.1. The molecule has 43 heavy (non-hydrogen) atoms. The van der Waals surface area contributed by atoms with Crippen molar-refractivity contribution in [2.45, 2.75) is 58.8 Å². The third kappa shape index (κ3) is 7.48. The standard InChI is InChI=1S/C33H45N5O5/c1-6-12-24(4)31-32(40)36(18-17-25-15-16-27(42-8-3)28(20-25)43-19-7-2)22-29-37(31)30(39)23-35(5)38(29)33(41)34-21-26-13-10-9-11-14-26/h7,9-11,13-16,20,24,29,31H,2,6,8,12,17-19,21-23H2,1,3-5H3,(H,34,41)/t24?,29?,31-/m0/s1. The van der Waals surface area contributed by atoms with Crippen LogP contribution in [0, 0.1) is 5.92 Å². The Morgan fingerprint density at radius 1 is 1.09 bits per heavy atom. The van der Waals surface area contributed by atoms with Gasteiger partial charge in [0, 0.05) is 20.1 Å². The molecule has 0 bridgehead atoms. The highest BCUT2D eigenvalue weighted by atomic mass is 16.5. The number of carbonyl (C=O) groups excluding carboxylic acids is 3. The molecule has 2 aromatic carbocycles. The summed E-state index contributed by atoms with van der Waals surface area (Å²) in [6.45, 7) is 11.7. The Balaban J connectivity index is 1.58. The van der Waals surface area contributed by atoms with E-state index in [-0.39, 0.29) is 36.9 Å². The SMILES string of the molecule is C=CCOc1cc(CCN2CC3N(C(=O)CN(C)N3C(=O)NCc3ccccc3)[C@@H](C(C)CCC)C2=O)ccc1OCC. The van der Waals surface area contributed by atoms with Gasteiger partial charge in [-0.05, 0) is 48.9 Å². The van der Waals surface area contributed by atoms with Gasteiger partial charge in [0.25, 0.3) is 0 Å². The third-order valence-electron chi connectivity index (χ3n) is 7.98. The number of urea groups is 1. The average Bonchev–Trinajstić information content (AvgIpc) is 2.99. The number of benzene rings is 2. The molecule has 2 heterocycles. The van der Waals surface area contributed by atoms with E-state index in [4.69, 9.17) is 9.47 Å². The molecule has 2 aliphatic heterocycles. The van der Waals surface area contributed by atoms with Gasteiger partial charge >= 0.3 is 6.03 Å². The molecule has 0 aromatic heterocycles. The number of fused-ring (bicyclic) bond motifs is 1. The monoisotopic (exact) mass is 591 g/mol. The smallest absolute Gasteiger partial charge is 0.334 e. The van der Waals surface area contributed by atoms with Crippen molar-refractivity contribution in [2.75, 3.05) is 39.9 Å². The van der Waals surface area contributed by atoms with Crippen LogP contribution in [0.5, 0.6) is 11.5 Å². The number of hydrogen-bond donors (Lipinski definition) is 1. The van der Waals surface area contributed by atoms with E-state index in [0.717, 1.165) is 24.0 Å². The minimum Gasteiger partial charge on any atom is -0.490 e. The molecule has 0 radical (unpaired) electrons. The van der Waals surface area contributed by atoms with Crippen LogP contribution in [-0.2, 0) is 22.6 Å². The molecule has 4 rings (SSSR count). The first-order valence-electron chi connectivity index (χ1n) is 15.2. The Morgan fingerprint density at radius 2 is 1.86 bits per heavy atom. The zero-order chi connectivity index (χ0) is 30.9. The molecule has 0 spiro atoms. The summed E-state index contributed by atoms with van der Waals surface area (Å²) in [5.74, 6) is 1.01. The van der Waals surface area contributed by atoms with Crippen LogP contribution in [0.25, 0.3) is 0 Å². The minimum absolute atomic E-state index is 0.0253. The largest absolute Gasteiger partial charge is 0.490 e. The highest BCUT2D eigenvalue weighted by Crippen LogP contribution is 2.32. The number of hydrazine groups is 1. The fourth-order valence-electron chi connectivity index (χ4n) is 5.95. The molecule has 232 valence electrons. The Hall–Kier alpha value is -4.05. The third-order valence-corrected chi connectivity index (χ3v) is 7.98. The molecule has 2 saturated heterocycles. The van der Waals surface area contributed by atoms with Crippen LogP contribution in [0.4, 0.5) is 4.79 Å². The zero-order valence-corrected chi connectivity index (χ0v) is 25.8. The molecule has 2 fully saturated rings. The normalized spacial score (nSPS) is 19.6. The minimum atomic E-state index is -0.642. The quantitative estimate of drug-likeness (QED) is 0.353. The molecule has 2 aromatic rings. The van der Waals surface area contributed by atoms with Crippen molar-refractivity contribution >= 4 is 17.8 Å². The summed E-state index contributed by atoms with van der Waals surface area (Å²) in [5, 5.41) is 6.28. The highest BCUT2D eigenvalue weighted by molar-refractivity contribution is 5.91. The zero-order valence-electron chi connectivity index (χ0n) is 25.8. The first-order chi connectivity index (χ1) is 20.8. The van der Waals surface area contributed by atoms with E-state index < -0.39 is 12.2 Å². The van der Waals surface area contributed by atoms with Gasteiger partial charge in [-0.1, -0.05) is 69.3 Å². The van der Waals surface area contributed by atoms with Crippen LogP contribution in [0.15, 0.2) is 61.2 Å². The fraction of sp³-hybridized carbons (Fsp3) is 0.485. The number of rotatable bonds is 13. The van der Waals surface area contributed by atoms with E-state index in [1.54, 1.807) is 28.0 Å². The van der Waals surface area contributed by atoms with E-state index >= 15 is 0 Å². The summed E-state index contributed by atoms with van der Waals surface area (Å²) in [6, 6.07) is 14.5. The summed E-state index contributed by atoms with van der Waals surface area (Å²) in [4.78, 5) is 44.6. The van der Waals surface area contributed by atoms with Crippen molar-refractivity contribution in [2.24, 2.45) is 5.92 Å². The van der Waals surface area contributed by atoms with Gasteiger partial charge in [0.2, 0.25) is 11.8 Å². The number of likely N-dealkylation sites (N-methyl/N-ethyl adjacent to an activating group) is 1. The maximum Gasteiger partial charge on any atom is 0.334 e. The van der Waals surface area contributed by atoms with Crippen molar-refractivity contribution < 1.29 is 23.9 Å². The summed E-state index contributed by atoms with van der Waals surface area (Å²) in [6.07, 6.45) is 3.32. The lowest BCUT2D eigenvalue weighted by Gasteiger charge is -2.55. The Labute approximate surface area is 255 Å². The van der Waals surface area contributed by atoms with Crippen LogP contribution in [0.2, 0.25) is 0 Å². The molecule has 2 unspecified atom stereocenters. The highest BCUT2D eigenvalue weighted by Gasteiger charge is 2.51. The summed E-state index contributed by atoms with van der Waals surface area (Å²) in [7, 11) is 1.74. The van der Waals surface area contributed by atoms with Crippen molar-refractivity contribution in [1.82, 2.24) is 25.1 Å². The second-order valence-corrected chi connectivity index (χ2v) is 11.1. The summed E-state index contributed by atoms with van der Waals surface area (Å²) < 4.78 is 11.5. The number of nitrogens with one attached hydrogen (secondary N) is 1. The fourth-order valence-corrected chi connectivity index (χ4v) is 5.95. The van der Waals surface area contributed by atoms with Gasteiger partial charge in [-0.2, -0.15) is 0 Å². The molecule has 4 amide bonds. The molecule has 0 saturated carbocycles. The van der Waals surface area contributed by atoms with Crippen molar-refractivity contribution in [3.8, 4) is 11.5 Å². The van der Waals surface area contributed by atoms with E-state index in [1.165, 1.54) is 0 Å². The van der Waals surface area contributed by atoms with Gasteiger partial charge in [-0.15, -0.1) is 0 Å². The molecule has 0 aliphatic carbocycles. The van der Waals surface area contributed by atoms with Crippen LogP contribution in [0.1, 0.15) is 44.7 Å². The number of carbonyl (C=O) groups is 3. The summed E-state index contributed by atoms with van der Waals surface area (Å²) >= 11 is 0. The first kappa shape index (κ1) is 31.9. The van der Waals surface area contributed by atoms with E-state index in [2.05, 4.69) is 18.8 Å². The van der Waals surface area contributed by atoms with Crippen LogP contribution in [-0.4, -0.2) is 89.8 Å². The van der Waals surface area contributed by atoms with Gasteiger partial charge < -0.3 is 24.6 Å². The molecule has 3 atom stereocenters. The van der Waals surface area contributed by atoms with Crippen molar-refractivity contribution in [3.05, 3.63) is 72.3 Å². The number of piperazine rings is 1. The molecular formula is C33H45N5O5. The van der Waals surface area contributed by atoms with Gasteiger partial charge in [-0.3, -0.25) is 9.59 Å². The predicted octanol–water partition coefficient (Wildman–Crippen LogP) is 4.07. The van der Waals surface area contributed by atoms with Gasteiger partial charge in [0.15, 0.2) is 11.5 Å². The number of nitrogens with zero attached hydrogens (tertiary/aromatic N) is 4. The van der Waals surface area contributed by atoms with Crippen LogP contribution in [0.3, 0.4) is 0 Å². The molecular weight excluding hydrogens is 546 g/mol. The average molecular weight is 592 g/mol. The summed E-state index contributed by atoms with van der Waals surface area (Å²) in [5.41, 5.74) is 1.97. The Morgan fingerprint density at radius 3 is 2.56 bits per heavy atom. The Bertz CT molecular complexity index is 1270. The lowest BCUT2D eigenvalue weighted by molar-refractivity contribution is -0.190. The second kappa shape index (κ2) is 14.9. The van der Waals surface area contributed by atoms with Crippen molar-refractivity contribution in [3.63, 3.8) is 0 Å². The van der Waals surface area contributed by atoms with Gasteiger partial charge in [0.05, 0.1) is 19.7 Å². The van der Waals surface area contributed by atoms with Gasteiger partial charge in [-0.25, -0.2) is 14.8 Å². The molecule has 2 aliphatic rings. The van der Waals surface area contributed by atoms with Crippen LogP contribution >= 0.6 is 0 Å². The lowest BCUT2D eigenvalue weighted by atomic mass is 9.91. The predicted molar refractivity (Wildman–Crippen MR) is 165 cm³/mol. The van der Waals surface area contributed by atoms with E-state index in [9.17, 15) is 14.4 Å². The number of hydrogen-bond acceptors (Lipinski definition) is 6. The van der Waals surface area contributed by atoms with Gasteiger partial charge in [0.1, 0.15) is 18.8 Å². The maximum absolute atomic E-state index is 14.0. The van der Waals surface area contributed by atoms with E-state index in [0.29, 0.717) is 44.2 Å².